The molecule has 10 heteroatoms. The van der Waals surface area contributed by atoms with E-state index >= 15 is 0 Å². The summed E-state index contributed by atoms with van der Waals surface area (Å²) in [5, 5.41) is 11.5. The monoisotopic (exact) mass is 435 g/mol. The SMILES string of the molecule is C=NC=Nc1ccc2nc(C(=N)OCC)sc2c1CNc1cc(F)c(F)cc1Cl. The fourth-order valence-corrected chi connectivity index (χ4v) is 3.80. The van der Waals surface area contributed by atoms with Crippen LogP contribution in [0.1, 0.15) is 17.5 Å². The summed E-state index contributed by atoms with van der Waals surface area (Å²) in [4.78, 5) is 12.3. The van der Waals surface area contributed by atoms with Crippen LogP contribution in [0.15, 0.2) is 34.3 Å². The zero-order valence-electron chi connectivity index (χ0n) is 15.3. The van der Waals surface area contributed by atoms with E-state index in [0.29, 0.717) is 22.8 Å². The summed E-state index contributed by atoms with van der Waals surface area (Å²) < 4.78 is 32.9. The van der Waals surface area contributed by atoms with Crippen molar-refractivity contribution in [2.45, 2.75) is 13.5 Å². The topological polar surface area (TPSA) is 82.7 Å². The Hall–Kier alpha value is -2.91. The molecule has 1 aromatic heterocycles. The molecule has 0 saturated heterocycles. The first-order valence-electron chi connectivity index (χ1n) is 8.45. The maximum atomic E-state index is 13.6. The van der Waals surface area contributed by atoms with Gasteiger partial charge in [-0.3, -0.25) is 10.4 Å². The summed E-state index contributed by atoms with van der Waals surface area (Å²) in [5.74, 6) is -2.05. The molecule has 0 saturated carbocycles. The Labute approximate surface area is 174 Å². The van der Waals surface area contributed by atoms with Crippen molar-refractivity contribution in [3.63, 3.8) is 0 Å². The van der Waals surface area contributed by atoms with Crippen molar-refractivity contribution in [1.82, 2.24) is 4.98 Å². The molecule has 3 aromatic rings. The number of nitrogens with zero attached hydrogens (tertiary/aromatic N) is 3. The van der Waals surface area contributed by atoms with E-state index in [2.05, 4.69) is 27.0 Å². The van der Waals surface area contributed by atoms with Crippen LogP contribution in [-0.2, 0) is 11.3 Å². The molecule has 0 aliphatic rings. The van der Waals surface area contributed by atoms with Crippen molar-refractivity contribution >= 4 is 63.5 Å². The lowest BCUT2D eigenvalue weighted by molar-refractivity contribution is 0.325. The van der Waals surface area contributed by atoms with Crippen molar-refractivity contribution in [1.29, 1.82) is 5.41 Å². The van der Waals surface area contributed by atoms with Gasteiger partial charge in [-0.05, 0) is 31.8 Å². The van der Waals surface area contributed by atoms with Crippen molar-refractivity contribution in [3.8, 4) is 0 Å². The van der Waals surface area contributed by atoms with Crippen molar-refractivity contribution in [2.75, 3.05) is 11.9 Å². The van der Waals surface area contributed by atoms with Gasteiger partial charge in [0, 0.05) is 18.2 Å². The summed E-state index contributed by atoms with van der Waals surface area (Å²) in [7, 11) is 0. The average Bonchev–Trinajstić information content (AvgIpc) is 3.13. The first-order valence-corrected chi connectivity index (χ1v) is 9.65. The van der Waals surface area contributed by atoms with Crippen molar-refractivity contribution < 1.29 is 13.5 Å². The van der Waals surface area contributed by atoms with Crippen LogP contribution in [-0.4, -0.2) is 30.5 Å². The summed E-state index contributed by atoms with van der Waals surface area (Å²) >= 11 is 7.29. The molecule has 0 aliphatic heterocycles. The number of hydrogen-bond acceptors (Lipinski definition) is 6. The minimum atomic E-state index is -1.02. The van der Waals surface area contributed by atoms with E-state index in [1.807, 2.05) is 0 Å². The summed E-state index contributed by atoms with van der Waals surface area (Å²) in [6, 6.07) is 5.43. The van der Waals surface area contributed by atoms with Crippen LogP contribution < -0.4 is 5.32 Å². The lowest BCUT2D eigenvalue weighted by Crippen LogP contribution is -2.03. The normalized spacial score (nSPS) is 11.2. The molecule has 2 N–H and O–H groups in total. The number of nitrogens with one attached hydrogen (secondary N) is 2. The number of thiazole rings is 1. The average molecular weight is 436 g/mol. The second-order valence-corrected chi connectivity index (χ2v) is 7.13. The van der Waals surface area contributed by atoms with E-state index < -0.39 is 11.6 Å². The second kappa shape index (κ2) is 9.06. The molecule has 29 heavy (non-hydrogen) atoms. The summed E-state index contributed by atoms with van der Waals surface area (Å²) in [5.41, 5.74) is 2.23. The minimum absolute atomic E-state index is 0.0194. The smallest absolute Gasteiger partial charge is 0.243 e. The van der Waals surface area contributed by atoms with Crippen molar-refractivity contribution in [3.05, 3.63) is 51.5 Å². The number of ether oxygens (including phenoxy) is 1. The highest BCUT2D eigenvalue weighted by atomic mass is 35.5. The Balaban J connectivity index is 2.02. The third kappa shape index (κ3) is 4.57. The molecule has 0 aliphatic carbocycles. The van der Waals surface area contributed by atoms with Crippen LogP contribution in [0.25, 0.3) is 10.2 Å². The molecular weight excluding hydrogens is 420 g/mol. The number of benzene rings is 2. The summed E-state index contributed by atoms with van der Waals surface area (Å²) in [6.45, 7) is 5.73. The molecular formula is C19H16ClF2N5OS. The van der Waals surface area contributed by atoms with Crippen LogP contribution in [0.2, 0.25) is 5.02 Å². The Bertz CT molecular complexity index is 1120. The summed E-state index contributed by atoms with van der Waals surface area (Å²) in [6.07, 6.45) is 1.30. The van der Waals surface area contributed by atoms with Gasteiger partial charge in [-0.1, -0.05) is 11.6 Å². The van der Waals surface area contributed by atoms with Gasteiger partial charge in [0.05, 0.1) is 33.2 Å². The van der Waals surface area contributed by atoms with E-state index in [4.69, 9.17) is 21.7 Å². The molecule has 0 amide bonds. The Morgan fingerprint density at radius 2 is 2.14 bits per heavy atom. The van der Waals surface area contributed by atoms with Gasteiger partial charge in [0.2, 0.25) is 5.90 Å². The molecule has 3 rings (SSSR count). The number of aromatic nitrogens is 1. The quantitative estimate of drug-likeness (QED) is 0.289. The first kappa shape index (κ1) is 20.8. The number of aliphatic imine (C=N–C) groups is 2. The van der Waals surface area contributed by atoms with E-state index in [9.17, 15) is 8.78 Å². The number of fused-ring (bicyclic) bond motifs is 1. The lowest BCUT2D eigenvalue weighted by Gasteiger charge is -2.11. The molecule has 0 atom stereocenters. The molecule has 1 heterocycles. The number of hydrogen-bond donors (Lipinski definition) is 2. The van der Waals surface area contributed by atoms with Crippen LogP contribution in [0.5, 0.6) is 0 Å². The predicted octanol–water partition coefficient (Wildman–Crippen LogP) is 5.56. The zero-order valence-corrected chi connectivity index (χ0v) is 16.9. The second-order valence-electron chi connectivity index (χ2n) is 5.72. The van der Waals surface area contributed by atoms with E-state index in [0.717, 1.165) is 22.4 Å². The van der Waals surface area contributed by atoms with Gasteiger partial charge in [-0.2, -0.15) is 0 Å². The molecule has 0 spiro atoms. The van der Waals surface area contributed by atoms with Gasteiger partial charge in [-0.25, -0.2) is 18.8 Å². The maximum absolute atomic E-state index is 13.6. The molecule has 0 fully saturated rings. The van der Waals surface area contributed by atoms with Crippen LogP contribution in [0, 0.1) is 17.0 Å². The van der Waals surface area contributed by atoms with Gasteiger partial charge in [0.1, 0.15) is 6.34 Å². The third-order valence-electron chi connectivity index (χ3n) is 3.86. The Morgan fingerprint density at radius 1 is 1.38 bits per heavy atom. The maximum Gasteiger partial charge on any atom is 0.243 e. The highest BCUT2D eigenvalue weighted by Crippen LogP contribution is 2.34. The number of anilines is 1. The molecule has 6 nitrogen and oxygen atoms in total. The lowest BCUT2D eigenvalue weighted by atomic mass is 10.1. The van der Waals surface area contributed by atoms with Gasteiger partial charge >= 0.3 is 0 Å². The molecule has 2 aromatic carbocycles. The van der Waals surface area contributed by atoms with E-state index in [1.165, 1.54) is 17.7 Å². The van der Waals surface area contributed by atoms with E-state index in [1.54, 1.807) is 19.1 Å². The van der Waals surface area contributed by atoms with Crippen molar-refractivity contribution in [2.24, 2.45) is 9.98 Å². The largest absolute Gasteiger partial charge is 0.476 e. The Kier molecular flexibility index (Phi) is 6.50. The Morgan fingerprint density at radius 3 is 2.86 bits per heavy atom. The van der Waals surface area contributed by atoms with Gasteiger partial charge in [0.25, 0.3) is 0 Å². The first-order chi connectivity index (χ1) is 13.9. The predicted molar refractivity (Wildman–Crippen MR) is 114 cm³/mol. The molecule has 0 unspecified atom stereocenters. The zero-order chi connectivity index (χ0) is 21.0. The van der Waals surface area contributed by atoms with Gasteiger partial charge < -0.3 is 10.1 Å². The highest BCUT2D eigenvalue weighted by Gasteiger charge is 2.16. The third-order valence-corrected chi connectivity index (χ3v) is 5.31. The standard InChI is InChI=1S/C19H16ClF2N5OS/c1-3-28-18(23)19-27-15-5-4-14(26-9-24-2)10(17(15)29-19)8-25-16-7-13(22)12(21)6-11(16)20/h4-7,9,23,25H,2-3,8H2,1H3. The van der Waals surface area contributed by atoms with E-state index in [-0.39, 0.29) is 23.2 Å². The molecule has 0 radical (unpaired) electrons. The number of halogens is 3. The van der Waals surface area contributed by atoms with Crippen LogP contribution >= 0.6 is 22.9 Å². The minimum Gasteiger partial charge on any atom is -0.476 e. The van der Waals surface area contributed by atoms with Gasteiger partial charge in [0.15, 0.2) is 16.6 Å². The highest BCUT2D eigenvalue weighted by molar-refractivity contribution is 7.20. The number of rotatable bonds is 7. The fraction of sp³-hybridized carbons (Fsp3) is 0.158. The van der Waals surface area contributed by atoms with Crippen LogP contribution in [0.4, 0.5) is 20.2 Å². The molecule has 150 valence electrons. The fourth-order valence-electron chi connectivity index (χ4n) is 2.58. The van der Waals surface area contributed by atoms with Crippen LogP contribution in [0.3, 0.4) is 0 Å². The van der Waals surface area contributed by atoms with Gasteiger partial charge in [-0.15, -0.1) is 11.3 Å². The molecule has 0 bridgehead atoms.